The Labute approximate surface area is 220 Å². The van der Waals surface area contributed by atoms with Crippen molar-refractivity contribution in [3.8, 4) is 0 Å². The van der Waals surface area contributed by atoms with Crippen LogP contribution < -0.4 is 10.6 Å². The minimum atomic E-state index is -1.10. The molecule has 0 aliphatic carbocycles. The number of hydrogen-bond donors (Lipinski definition) is 3. The third-order valence-corrected chi connectivity index (χ3v) is 8.14. The van der Waals surface area contributed by atoms with Crippen molar-refractivity contribution in [1.29, 1.82) is 0 Å². The first kappa shape index (κ1) is 26.6. The number of aromatic carboxylic acids is 1. The Morgan fingerprint density at radius 3 is 2.70 bits per heavy atom. The molecule has 12 heteroatoms. The van der Waals surface area contributed by atoms with Gasteiger partial charge in [-0.2, -0.15) is 0 Å². The number of benzene rings is 2. The van der Waals surface area contributed by atoms with E-state index in [9.17, 15) is 24.3 Å². The molecule has 1 unspecified atom stereocenters. The molecule has 2 aromatic carbocycles. The number of fused-ring (bicyclic) bond motifs is 1. The first-order valence-corrected chi connectivity index (χ1v) is 12.5. The minimum absolute atomic E-state index is 0.0487. The molecule has 0 bridgehead atoms. The van der Waals surface area contributed by atoms with Gasteiger partial charge in [0.1, 0.15) is 12.1 Å². The zero-order valence-corrected chi connectivity index (χ0v) is 21.6. The van der Waals surface area contributed by atoms with Crippen LogP contribution in [0.3, 0.4) is 0 Å². The summed E-state index contributed by atoms with van der Waals surface area (Å²) in [5.74, 6) is -2.59. The molecule has 0 saturated carbocycles. The summed E-state index contributed by atoms with van der Waals surface area (Å²) in [6.07, 6.45) is 0.612. The van der Waals surface area contributed by atoms with Gasteiger partial charge in [0.15, 0.2) is 5.82 Å². The van der Waals surface area contributed by atoms with Gasteiger partial charge in [-0.25, -0.2) is 9.18 Å². The summed E-state index contributed by atoms with van der Waals surface area (Å²) in [4.78, 5) is 50.7. The number of carbonyl (C=O) groups is 4. The maximum absolute atomic E-state index is 15.3. The summed E-state index contributed by atoms with van der Waals surface area (Å²) in [5, 5.41) is 14.8. The average molecular weight is 547 g/mol. The normalized spacial score (nSPS) is 17.2. The van der Waals surface area contributed by atoms with Gasteiger partial charge < -0.3 is 19.9 Å². The molecule has 37 heavy (non-hydrogen) atoms. The number of amides is 3. The number of carbonyl (C=O) groups excluding carboxylic acids is 3. The Kier molecular flexibility index (Phi) is 7.58. The highest BCUT2D eigenvalue weighted by atomic mass is 35.5. The first-order chi connectivity index (χ1) is 17.6. The van der Waals surface area contributed by atoms with E-state index in [1.807, 2.05) is 0 Å². The Hall–Kier alpha value is -3.41. The van der Waals surface area contributed by atoms with Crippen LogP contribution in [0.25, 0.3) is 10.9 Å². The van der Waals surface area contributed by atoms with Crippen molar-refractivity contribution in [1.82, 2.24) is 20.1 Å². The van der Waals surface area contributed by atoms with Crippen molar-refractivity contribution < 1.29 is 28.7 Å². The molecule has 3 aromatic rings. The lowest BCUT2D eigenvalue weighted by molar-refractivity contribution is -0.132. The maximum atomic E-state index is 15.3. The van der Waals surface area contributed by atoms with Crippen LogP contribution in [-0.2, 0) is 20.9 Å². The molecule has 1 aromatic heterocycles. The van der Waals surface area contributed by atoms with Gasteiger partial charge in [-0.1, -0.05) is 29.4 Å². The molecule has 3 amide bonds. The van der Waals surface area contributed by atoms with Crippen molar-refractivity contribution in [3.05, 3.63) is 58.5 Å². The number of nitrogens with zero attached hydrogens (tertiary/aromatic N) is 2. The van der Waals surface area contributed by atoms with E-state index in [0.717, 1.165) is 0 Å². The fraction of sp³-hybridized carbons (Fsp3) is 0.280. The zero-order valence-electron chi connectivity index (χ0n) is 20.0. The predicted octanol–water partition coefficient (Wildman–Crippen LogP) is 3.05. The Morgan fingerprint density at radius 1 is 1.27 bits per heavy atom. The smallest absolute Gasteiger partial charge is 0.335 e. The average Bonchev–Trinajstić information content (AvgIpc) is 3.43. The first-order valence-electron chi connectivity index (χ1n) is 11.3. The van der Waals surface area contributed by atoms with Crippen LogP contribution in [0.15, 0.2) is 46.2 Å². The maximum Gasteiger partial charge on any atom is 0.335 e. The number of imide groups is 1. The number of nitrogens with one attached hydrogen (secondary N) is 2. The van der Waals surface area contributed by atoms with Crippen molar-refractivity contribution >= 4 is 58.5 Å². The van der Waals surface area contributed by atoms with Gasteiger partial charge in [0.25, 0.3) is 0 Å². The van der Waals surface area contributed by atoms with Crippen LogP contribution in [0, 0.1) is 12.7 Å². The summed E-state index contributed by atoms with van der Waals surface area (Å²) >= 11 is 7.35. The van der Waals surface area contributed by atoms with E-state index >= 15 is 4.39 Å². The summed E-state index contributed by atoms with van der Waals surface area (Å²) in [7, 11) is 1.59. The van der Waals surface area contributed by atoms with E-state index in [2.05, 4.69) is 10.6 Å². The van der Waals surface area contributed by atoms with Crippen molar-refractivity contribution in [2.75, 3.05) is 20.1 Å². The van der Waals surface area contributed by atoms with E-state index in [-0.39, 0.29) is 41.6 Å². The molecule has 2 heterocycles. The Balaban J connectivity index is 1.69. The Bertz CT molecular complexity index is 1430. The van der Waals surface area contributed by atoms with Gasteiger partial charge in [-0.15, -0.1) is 0 Å². The molecule has 3 N–H and O–H groups in total. The lowest BCUT2D eigenvalue weighted by Gasteiger charge is -2.26. The quantitative estimate of drug-likeness (QED) is 0.371. The summed E-state index contributed by atoms with van der Waals surface area (Å²) in [6.45, 7) is 1.87. The van der Waals surface area contributed by atoms with Gasteiger partial charge in [0, 0.05) is 34.0 Å². The second kappa shape index (κ2) is 10.5. The molecule has 1 saturated heterocycles. The van der Waals surface area contributed by atoms with Gasteiger partial charge in [-0.05, 0) is 50.7 Å². The van der Waals surface area contributed by atoms with E-state index in [0.29, 0.717) is 33.7 Å². The van der Waals surface area contributed by atoms with Crippen LogP contribution in [0.1, 0.15) is 22.5 Å². The lowest BCUT2D eigenvalue weighted by atomic mass is 9.98. The molecule has 1 aliphatic heterocycles. The van der Waals surface area contributed by atoms with Crippen LogP contribution in [0.4, 0.5) is 4.39 Å². The second-order valence-electron chi connectivity index (χ2n) is 8.68. The van der Waals surface area contributed by atoms with Gasteiger partial charge >= 0.3 is 5.97 Å². The van der Waals surface area contributed by atoms with Crippen molar-refractivity contribution in [3.63, 3.8) is 0 Å². The highest BCUT2D eigenvalue weighted by Crippen LogP contribution is 2.41. The molecule has 0 spiro atoms. The molecule has 194 valence electrons. The summed E-state index contributed by atoms with van der Waals surface area (Å²) in [6, 6.07) is 9.50. The van der Waals surface area contributed by atoms with Crippen molar-refractivity contribution in [2.45, 2.75) is 35.2 Å². The van der Waals surface area contributed by atoms with Crippen LogP contribution in [0.5, 0.6) is 0 Å². The van der Waals surface area contributed by atoms with Gasteiger partial charge in [0.05, 0.1) is 16.1 Å². The van der Waals surface area contributed by atoms with Crippen molar-refractivity contribution in [2.24, 2.45) is 0 Å². The third-order valence-electron chi connectivity index (χ3n) is 6.64. The number of aromatic nitrogens is 1. The summed E-state index contributed by atoms with van der Waals surface area (Å²) < 4.78 is 16.8. The largest absolute Gasteiger partial charge is 0.478 e. The minimum Gasteiger partial charge on any atom is -0.478 e. The van der Waals surface area contributed by atoms with Crippen LogP contribution >= 0.6 is 23.4 Å². The Morgan fingerprint density at radius 2 is 2.03 bits per heavy atom. The molecule has 4 rings (SSSR count). The third kappa shape index (κ3) is 4.94. The second-order valence-corrected chi connectivity index (χ2v) is 10.2. The van der Waals surface area contributed by atoms with E-state index in [4.69, 9.17) is 11.6 Å². The molecule has 1 fully saturated rings. The number of halogens is 2. The highest BCUT2D eigenvalue weighted by Gasteiger charge is 2.45. The fourth-order valence-corrected chi connectivity index (χ4v) is 5.81. The molecule has 1 atom stereocenters. The van der Waals surface area contributed by atoms with E-state index in [1.54, 1.807) is 36.7 Å². The monoisotopic (exact) mass is 546 g/mol. The van der Waals surface area contributed by atoms with Gasteiger partial charge in [-0.3, -0.25) is 19.7 Å². The molecule has 9 nitrogen and oxygen atoms in total. The predicted molar refractivity (Wildman–Crippen MR) is 136 cm³/mol. The van der Waals surface area contributed by atoms with Gasteiger partial charge in [0.2, 0.25) is 18.2 Å². The molecule has 0 radical (unpaired) electrons. The number of carboxylic acids is 1. The number of hydrogen-bond acceptors (Lipinski definition) is 6. The van der Waals surface area contributed by atoms with E-state index in [1.165, 1.54) is 34.9 Å². The van der Waals surface area contributed by atoms with Crippen LogP contribution in [0.2, 0.25) is 5.02 Å². The summed E-state index contributed by atoms with van der Waals surface area (Å²) in [5.41, 5.74) is -0.216. The number of carboxylic acid groups (broad SMARTS) is 1. The van der Waals surface area contributed by atoms with Crippen LogP contribution in [-0.4, -0.2) is 64.4 Å². The molecular formula is C25H24ClFN4O5S. The molecule has 1 aliphatic rings. The molecular weight excluding hydrogens is 523 g/mol. The topological polar surface area (TPSA) is 121 Å². The standard InChI is InChI=1S/C25H24ClFN4O5S/c1-14-22(37-16-5-3-4-15(10-16)23(34)35)17-6-7-18(26)20(27)21(17)31(14)11-19(33)30-9-8-25(12-30,28-2)24(36)29-13-32/h3-7,10,13,28H,8-9,11-12H2,1-2H3,(H,34,35)(H,29,32,36). The lowest BCUT2D eigenvalue weighted by Crippen LogP contribution is -2.57. The number of likely N-dealkylation sites (tertiary alicyclic amines) is 1. The highest BCUT2D eigenvalue weighted by molar-refractivity contribution is 7.99. The SMILES string of the molecule is CNC1(C(=O)NC=O)CCN(C(=O)Cn2c(C)c(Sc3cccc(C(=O)O)c3)c3ccc(Cl)c(F)c32)C1. The fourth-order valence-electron chi connectivity index (χ4n) is 4.56. The van der Waals surface area contributed by atoms with E-state index < -0.39 is 23.2 Å². The zero-order chi connectivity index (χ0) is 26.9. The number of rotatable bonds is 8. The number of likely N-dealkylation sites (N-methyl/N-ethyl adjacent to an activating group) is 1.